The van der Waals surface area contributed by atoms with E-state index in [4.69, 9.17) is 5.73 Å². The van der Waals surface area contributed by atoms with Gasteiger partial charge in [0.2, 0.25) is 11.8 Å². The van der Waals surface area contributed by atoms with Crippen LogP contribution in [0.2, 0.25) is 0 Å². The van der Waals surface area contributed by atoms with Crippen molar-refractivity contribution in [2.45, 2.75) is 32.1 Å². The van der Waals surface area contributed by atoms with E-state index in [-0.39, 0.29) is 28.9 Å². The number of carbonyl (C=O) groups is 2. The van der Waals surface area contributed by atoms with Gasteiger partial charge in [-0.05, 0) is 6.42 Å². The molecule has 0 fully saturated rings. The van der Waals surface area contributed by atoms with Crippen LogP contribution in [0, 0.1) is 48.5 Å². The van der Waals surface area contributed by atoms with Gasteiger partial charge in [0.25, 0.3) is 0 Å². The average Bonchev–Trinajstić information content (AvgIpc) is 3.19. The number of rotatable bonds is 8. The van der Waals surface area contributed by atoms with E-state index in [9.17, 15) is 9.59 Å². The standard InChI is InChI=1S/C13H15N2O2.C5H.Fe/c14-12(16)8-4-10-15-13(17)9-3-7-11-5-1-2-6-11;1-2-4-5-3-1;/h3-4,7-10H2,(H2,14,16)(H,15,17);1H;/q2*-5;. The van der Waals surface area contributed by atoms with Crippen molar-refractivity contribution in [2.24, 2.45) is 5.73 Å². The zero-order chi connectivity index (χ0) is 16.0. The third kappa shape index (κ3) is 12.4. The summed E-state index contributed by atoms with van der Waals surface area (Å²) in [5, 5.41) is 2.74. The molecule has 0 bridgehead atoms. The minimum absolute atomic E-state index is 0. The van der Waals surface area contributed by atoms with Crippen molar-refractivity contribution in [3.8, 4) is 0 Å². The molecular formula is C18H16FeN2O2-10. The molecule has 0 radical (unpaired) electrons. The van der Waals surface area contributed by atoms with Gasteiger partial charge in [-0.1, -0.05) is 6.42 Å². The Balaban J connectivity index is 0.000000684. The summed E-state index contributed by atoms with van der Waals surface area (Å²) in [5.74, 6) is -0.344. The number of nitrogens with one attached hydrogen (secondary N) is 1. The second-order valence-electron chi connectivity index (χ2n) is 4.43. The Labute approximate surface area is 148 Å². The van der Waals surface area contributed by atoms with Crippen LogP contribution in [0.4, 0.5) is 0 Å². The van der Waals surface area contributed by atoms with Gasteiger partial charge in [0, 0.05) is 36.5 Å². The zero-order valence-corrected chi connectivity index (χ0v) is 13.7. The van der Waals surface area contributed by atoms with Crippen molar-refractivity contribution in [3.63, 3.8) is 0 Å². The Kier molecular flexibility index (Phi) is 12.7. The summed E-state index contributed by atoms with van der Waals surface area (Å²) in [4.78, 5) is 21.8. The van der Waals surface area contributed by atoms with Crippen molar-refractivity contribution in [1.29, 1.82) is 0 Å². The molecule has 23 heavy (non-hydrogen) atoms. The zero-order valence-electron chi connectivity index (χ0n) is 12.6. The molecule has 0 aromatic heterocycles. The first kappa shape index (κ1) is 21.2. The topological polar surface area (TPSA) is 72.2 Å². The van der Waals surface area contributed by atoms with Crippen molar-refractivity contribution >= 4 is 11.8 Å². The summed E-state index contributed by atoms with van der Waals surface area (Å²) in [5.41, 5.74) is 5.89. The second kappa shape index (κ2) is 13.8. The molecule has 3 N–H and O–H groups in total. The predicted octanol–water partition coefficient (Wildman–Crippen LogP) is 0.914. The molecule has 4 nitrogen and oxygen atoms in total. The summed E-state index contributed by atoms with van der Waals surface area (Å²) in [6, 6.07) is 23.1. The molecule has 0 saturated heterocycles. The van der Waals surface area contributed by atoms with E-state index in [1.165, 1.54) is 0 Å². The molecule has 2 aromatic rings. The molecule has 0 aliphatic rings. The maximum atomic E-state index is 11.4. The average molecular weight is 348 g/mol. The minimum atomic E-state index is -0.339. The monoisotopic (exact) mass is 348 g/mol. The maximum Gasteiger partial charge on any atom is 0.219 e. The molecular weight excluding hydrogens is 332 g/mol. The Morgan fingerprint density at radius 2 is 1.65 bits per heavy atom. The van der Waals surface area contributed by atoms with Gasteiger partial charge in [0.05, 0.1) is 0 Å². The van der Waals surface area contributed by atoms with Gasteiger partial charge in [-0.3, -0.25) is 9.59 Å². The molecule has 0 aliphatic heterocycles. The van der Waals surface area contributed by atoms with Crippen LogP contribution in [0.15, 0.2) is 6.07 Å². The van der Waals surface area contributed by atoms with E-state index >= 15 is 0 Å². The molecule has 2 aromatic carbocycles. The van der Waals surface area contributed by atoms with Gasteiger partial charge in [0.15, 0.2) is 0 Å². The third-order valence-corrected chi connectivity index (χ3v) is 2.59. The molecule has 0 aliphatic carbocycles. The summed E-state index contributed by atoms with van der Waals surface area (Å²) in [7, 11) is 0. The fourth-order valence-corrected chi connectivity index (χ4v) is 1.55. The van der Waals surface area contributed by atoms with E-state index in [0.29, 0.717) is 25.8 Å². The molecule has 2 rings (SSSR count). The van der Waals surface area contributed by atoms with Gasteiger partial charge in [-0.2, -0.15) is 0 Å². The van der Waals surface area contributed by atoms with E-state index in [1.807, 2.05) is 0 Å². The fraction of sp³-hybridized carbons (Fsp3) is 0.333. The summed E-state index contributed by atoms with van der Waals surface area (Å²) in [6.45, 7) is 0.498. The third-order valence-electron chi connectivity index (χ3n) is 2.59. The van der Waals surface area contributed by atoms with Crippen molar-refractivity contribution in [3.05, 3.63) is 60.2 Å². The van der Waals surface area contributed by atoms with Crippen molar-refractivity contribution in [2.75, 3.05) is 6.54 Å². The Morgan fingerprint density at radius 1 is 1.00 bits per heavy atom. The first-order chi connectivity index (χ1) is 10.7. The van der Waals surface area contributed by atoms with Gasteiger partial charge < -0.3 is 71.2 Å². The number of carbonyl (C=O) groups excluding carboxylic acids is 2. The van der Waals surface area contributed by atoms with Gasteiger partial charge in [-0.25, -0.2) is 6.42 Å². The molecule has 0 spiro atoms. The van der Waals surface area contributed by atoms with E-state index in [1.54, 1.807) is 6.07 Å². The van der Waals surface area contributed by atoms with Crippen LogP contribution >= 0.6 is 0 Å². The molecule has 128 valence electrons. The summed E-state index contributed by atoms with van der Waals surface area (Å²) >= 11 is 0. The van der Waals surface area contributed by atoms with Gasteiger partial charge in [0.1, 0.15) is 0 Å². The molecule has 0 saturated carbocycles. The smallest absolute Gasteiger partial charge is 0.219 e. The van der Waals surface area contributed by atoms with Crippen LogP contribution in [-0.4, -0.2) is 18.4 Å². The van der Waals surface area contributed by atoms with Crippen LogP contribution in [0.5, 0.6) is 0 Å². The van der Waals surface area contributed by atoms with Crippen LogP contribution in [-0.2, 0) is 33.1 Å². The van der Waals surface area contributed by atoms with Crippen LogP contribution in [0.25, 0.3) is 0 Å². The van der Waals surface area contributed by atoms with E-state index < -0.39 is 0 Å². The van der Waals surface area contributed by atoms with E-state index in [0.717, 1.165) is 18.4 Å². The van der Waals surface area contributed by atoms with Crippen LogP contribution < -0.4 is 11.1 Å². The minimum Gasteiger partial charge on any atom is -0.999 e. The SMILES string of the molecule is NC(=O)CCCNC(=O)CCC[c-]1[c-][c-][c-][c-]1.[Fe].[c-]1[c-][c-][cH-][c-]1. The number of hydrogen-bond donors (Lipinski definition) is 2. The number of aryl methyl sites for hydroxylation is 1. The number of nitrogens with two attached hydrogens (primary N) is 1. The molecule has 0 unspecified atom stereocenters. The molecule has 0 heterocycles. The summed E-state index contributed by atoms with van der Waals surface area (Å²) in [6.07, 6.45) is 2.87. The number of hydrogen-bond acceptors (Lipinski definition) is 2. The first-order valence-electron chi connectivity index (χ1n) is 6.94. The van der Waals surface area contributed by atoms with Gasteiger partial charge >= 0.3 is 0 Å². The quantitative estimate of drug-likeness (QED) is 0.423. The molecule has 5 heteroatoms. The molecule has 0 atom stereocenters. The number of primary amides is 1. The van der Waals surface area contributed by atoms with Crippen LogP contribution in [0.3, 0.4) is 0 Å². The molecule has 2 amide bonds. The van der Waals surface area contributed by atoms with Gasteiger partial charge in [-0.15, -0.1) is 0 Å². The normalized spacial score (nSPS) is 9.22. The van der Waals surface area contributed by atoms with Crippen LogP contribution in [0.1, 0.15) is 31.2 Å². The van der Waals surface area contributed by atoms with E-state index in [2.05, 4.69) is 53.8 Å². The largest absolute Gasteiger partial charge is 0.999 e. The van der Waals surface area contributed by atoms with Crippen molar-refractivity contribution < 1.29 is 26.7 Å². The summed E-state index contributed by atoms with van der Waals surface area (Å²) < 4.78 is 0. The Morgan fingerprint density at radius 3 is 2.17 bits per heavy atom. The maximum absolute atomic E-state index is 11.4. The van der Waals surface area contributed by atoms with Crippen molar-refractivity contribution in [1.82, 2.24) is 5.32 Å². The number of amides is 2. The predicted molar refractivity (Wildman–Crippen MR) is 79.1 cm³/mol. The second-order valence-corrected chi connectivity index (χ2v) is 4.43. The Hall–Kier alpha value is -1.84. The Bertz CT molecular complexity index is 490. The first-order valence-corrected chi connectivity index (χ1v) is 6.94. The fourth-order valence-electron chi connectivity index (χ4n) is 1.55.